The van der Waals surface area contributed by atoms with E-state index in [9.17, 15) is 0 Å². The van der Waals surface area contributed by atoms with Crippen LogP contribution in [0.15, 0.2) is 28.7 Å². The van der Waals surface area contributed by atoms with Crippen LogP contribution in [0.3, 0.4) is 0 Å². The number of halogens is 1. The molecule has 0 saturated carbocycles. The SMILES string of the molecule is CCC(NC(C)(C)c1ccc(Br)cc1)C(C)C. The molecule has 0 amide bonds. The number of rotatable bonds is 5. The van der Waals surface area contributed by atoms with Crippen LogP contribution in [0.2, 0.25) is 0 Å². The van der Waals surface area contributed by atoms with Crippen LogP contribution in [0.5, 0.6) is 0 Å². The van der Waals surface area contributed by atoms with Gasteiger partial charge >= 0.3 is 0 Å². The average molecular weight is 298 g/mol. The lowest BCUT2D eigenvalue weighted by Gasteiger charge is -2.34. The van der Waals surface area contributed by atoms with Gasteiger partial charge in [0.05, 0.1) is 0 Å². The Kier molecular flexibility index (Phi) is 5.21. The van der Waals surface area contributed by atoms with E-state index in [0.29, 0.717) is 12.0 Å². The Morgan fingerprint density at radius 1 is 1.18 bits per heavy atom. The first-order valence-corrected chi connectivity index (χ1v) is 7.20. The molecule has 1 unspecified atom stereocenters. The second-order valence-corrected chi connectivity index (χ2v) is 6.45. The topological polar surface area (TPSA) is 12.0 Å². The Morgan fingerprint density at radius 3 is 2.12 bits per heavy atom. The summed E-state index contributed by atoms with van der Waals surface area (Å²) in [6.45, 7) is 11.3. The van der Waals surface area contributed by atoms with Gasteiger partial charge in [0, 0.05) is 16.1 Å². The second kappa shape index (κ2) is 6.01. The van der Waals surface area contributed by atoms with E-state index in [1.165, 1.54) is 5.56 Å². The van der Waals surface area contributed by atoms with E-state index >= 15 is 0 Å². The second-order valence-electron chi connectivity index (χ2n) is 5.53. The minimum absolute atomic E-state index is 0.0195. The van der Waals surface area contributed by atoms with Crippen molar-refractivity contribution in [3.63, 3.8) is 0 Å². The third kappa shape index (κ3) is 4.11. The molecule has 0 fully saturated rings. The standard InChI is InChI=1S/C15H24BrN/c1-6-14(11(2)3)17-15(4,5)12-7-9-13(16)10-8-12/h7-11,14,17H,6H2,1-5H3. The van der Waals surface area contributed by atoms with Crippen molar-refractivity contribution in [2.75, 3.05) is 0 Å². The van der Waals surface area contributed by atoms with E-state index in [2.05, 4.69) is 80.1 Å². The summed E-state index contributed by atoms with van der Waals surface area (Å²) in [6.07, 6.45) is 1.16. The number of benzene rings is 1. The largest absolute Gasteiger partial charge is 0.305 e. The summed E-state index contributed by atoms with van der Waals surface area (Å²) in [6, 6.07) is 9.15. The lowest BCUT2D eigenvalue weighted by molar-refractivity contribution is 0.283. The van der Waals surface area contributed by atoms with Gasteiger partial charge in [-0.1, -0.05) is 48.8 Å². The molecule has 17 heavy (non-hydrogen) atoms. The molecule has 1 aromatic carbocycles. The van der Waals surface area contributed by atoms with Crippen molar-refractivity contribution in [1.29, 1.82) is 0 Å². The van der Waals surface area contributed by atoms with Crippen LogP contribution in [0.4, 0.5) is 0 Å². The molecule has 0 aliphatic carbocycles. The third-order valence-corrected chi connectivity index (χ3v) is 3.89. The molecule has 0 aliphatic rings. The molecule has 1 atom stereocenters. The summed E-state index contributed by atoms with van der Waals surface area (Å²) < 4.78 is 1.13. The first kappa shape index (κ1) is 14.7. The van der Waals surface area contributed by atoms with Crippen LogP contribution >= 0.6 is 15.9 Å². The first-order valence-electron chi connectivity index (χ1n) is 6.40. The van der Waals surface area contributed by atoms with Crippen LogP contribution in [-0.4, -0.2) is 6.04 Å². The average Bonchev–Trinajstić information content (AvgIpc) is 2.26. The molecule has 1 aromatic rings. The van der Waals surface area contributed by atoms with Gasteiger partial charge in [0.1, 0.15) is 0 Å². The summed E-state index contributed by atoms with van der Waals surface area (Å²) in [4.78, 5) is 0. The van der Waals surface area contributed by atoms with Gasteiger partial charge < -0.3 is 5.32 Å². The van der Waals surface area contributed by atoms with Gasteiger partial charge in [0.25, 0.3) is 0 Å². The highest BCUT2D eigenvalue weighted by atomic mass is 79.9. The predicted molar refractivity (Wildman–Crippen MR) is 79.2 cm³/mol. The van der Waals surface area contributed by atoms with Gasteiger partial charge in [-0.3, -0.25) is 0 Å². The zero-order valence-corrected chi connectivity index (χ0v) is 13.1. The molecule has 0 saturated heterocycles. The Hall–Kier alpha value is -0.340. The fourth-order valence-corrected chi connectivity index (χ4v) is 2.42. The molecule has 96 valence electrons. The van der Waals surface area contributed by atoms with E-state index in [4.69, 9.17) is 0 Å². The predicted octanol–water partition coefficient (Wildman–Crippen LogP) is 4.71. The van der Waals surface area contributed by atoms with E-state index in [1.807, 2.05) is 0 Å². The maximum atomic E-state index is 3.76. The quantitative estimate of drug-likeness (QED) is 0.830. The monoisotopic (exact) mass is 297 g/mol. The summed E-state index contributed by atoms with van der Waals surface area (Å²) in [7, 11) is 0. The zero-order chi connectivity index (χ0) is 13.1. The molecule has 0 radical (unpaired) electrons. The van der Waals surface area contributed by atoms with Crippen molar-refractivity contribution in [2.45, 2.75) is 52.6 Å². The van der Waals surface area contributed by atoms with Crippen molar-refractivity contribution in [1.82, 2.24) is 5.32 Å². The lowest BCUT2D eigenvalue weighted by atomic mass is 9.90. The summed E-state index contributed by atoms with van der Waals surface area (Å²) in [5.41, 5.74) is 1.35. The molecule has 0 aliphatic heterocycles. The highest BCUT2D eigenvalue weighted by molar-refractivity contribution is 9.10. The van der Waals surface area contributed by atoms with Crippen molar-refractivity contribution < 1.29 is 0 Å². The third-order valence-electron chi connectivity index (χ3n) is 3.36. The Balaban J connectivity index is 2.83. The molecular weight excluding hydrogens is 274 g/mol. The molecule has 1 nitrogen and oxygen atoms in total. The highest BCUT2D eigenvalue weighted by Gasteiger charge is 2.24. The summed E-state index contributed by atoms with van der Waals surface area (Å²) >= 11 is 3.48. The fourth-order valence-electron chi connectivity index (χ4n) is 2.15. The van der Waals surface area contributed by atoms with Crippen LogP contribution in [-0.2, 0) is 5.54 Å². The molecule has 0 bridgehead atoms. The van der Waals surface area contributed by atoms with Crippen LogP contribution in [0.25, 0.3) is 0 Å². The van der Waals surface area contributed by atoms with Crippen molar-refractivity contribution >= 4 is 15.9 Å². The zero-order valence-electron chi connectivity index (χ0n) is 11.5. The smallest absolute Gasteiger partial charge is 0.0379 e. The molecule has 1 rings (SSSR count). The van der Waals surface area contributed by atoms with E-state index in [1.54, 1.807) is 0 Å². The minimum atomic E-state index is 0.0195. The fraction of sp³-hybridized carbons (Fsp3) is 0.600. The van der Waals surface area contributed by atoms with Crippen molar-refractivity contribution in [3.8, 4) is 0 Å². The summed E-state index contributed by atoms with van der Waals surface area (Å²) in [5.74, 6) is 0.662. The summed E-state index contributed by atoms with van der Waals surface area (Å²) in [5, 5.41) is 3.76. The van der Waals surface area contributed by atoms with Crippen LogP contribution < -0.4 is 5.32 Å². The molecule has 0 aromatic heterocycles. The lowest BCUT2D eigenvalue weighted by Crippen LogP contribution is -2.45. The maximum Gasteiger partial charge on any atom is 0.0379 e. The van der Waals surface area contributed by atoms with E-state index in [0.717, 1.165) is 10.9 Å². The van der Waals surface area contributed by atoms with E-state index < -0.39 is 0 Å². The number of hydrogen-bond donors (Lipinski definition) is 1. The maximum absolute atomic E-state index is 3.76. The Morgan fingerprint density at radius 2 is 1.71 bits per heavy atom. The van der Waals surface area contributed by atoms with Gasteiger partial charge in [-0.15, -0.1) is 0 Å². The molecule has 0 spiro atoms. The first-order chi connectivity index (χ1) is 7.86. The number of nitrogens with one attached hydrogen (secondary N) is 1. The molecule has 2 heteroatoms. The van der Waals surface area contributed by atoms with Crippen molar-refractivity contribution in [2.24, 2.45) is 5.92 Å². The van der Waals surface area contributed by atoms with Gasteiger partial charge in [0.15, 0.2) is 0 Å². The van der Waals surface area contributed by atoms with Gasteiger partial charge in [-0.05, 0) is 43.9 Å². The highest BCUT2D eigenvalue weighted by Crippen LogP contribution is 2.24. The minimum Gasteiger partial charge on any atom is -0.305 e. The Labute approximate surface area is 114 Å². The van der Waals surface area contributed by atoms with Crippen molar-refractivity contribution in [3.05, 3.63) is 34.3 Å². The molecular formula is C15H24BrN. The van der Waals surface area contributed by atoms with E-state index in [-0.39, 0.29) is 5.54 Å². The number of hydrogen-bond acceptors (Lipinski definition) is 1. The van der Waals surface area contributed by atoms with Gasteiger partial charge in [-0.2, -0.15) is 0 Å². The van der Waals surface area contributed by atoms with Gasteiger partial charge in [0.2, 0.25) is 0 Å². The Bertz CT molecular complexity index is 340. The van der Waals surface area contributed by atoms with Crippen LogP contribution in [0, 0.1) is 5.92 Å². The normalized spacial score (nSPS) is 14.1. The molecule has 1 N–H and O–H groups in total. The molecule has 0 heterocycles. The van der Waals surface area contributed by atoms with Gasteiger partial charge in [-0.25, -0.2) is 0 Å². The van der Waals surface area contributed by atoms with Crippen LogP contribution in [0.1, 0.15) is 46.6 Å².